The first kappa shape index (κ1) is 16.1. The lowest BCUT2D eigenvalue weighted by Gasteiger charge is -2.19. The molecule has 0 saturated carbocycles. The molecule has 0 saturated heterocycles. The zero-order valence-corrected chi connectivity index (χ0v) is 14.8. The van der Waals surface area contributed by atoms with Gasteiger partial charge in [-0.2, -0.15) is 0 Å². The normalized spacial score (nSPS) is 10.5. The topological polar surface area (TPSA) is 20.3 Å². The fourth-order valence-electron chi connectivity index (χ4n) is 2.09. The van der Waals surface area contributed by atoms with Crippen molar-refractivity contribution in [2.45, 2.75) is 18.4 Å². The van der Waals surface area contributed by atoms with Crippen molar-refractivity contribution in [3.63, 3.8) is 0 Å². The monoisotopic (exact) mass is 363 g/mol. The van der Waals surface area contributed by atoms with Gasteiger partial charge in [-0.05, 0) is 58.4 Å². The number of thioether (sulfide) groups is 1. The lowest BCUT2D eigenvalue weighted by atomic mass is 10.1. The van der Waals surface area contributed by atoms with Crippen molar-refractivity contribution in [3.8, 4) is 0 Å². The van der Waals surface area contributed by atoms with E-state index in [1.807, 2.05) is 32.2 Å². The van der Waals surface area contributed by atoms with E-state index in [0.29, 0.717) is 12.1 Å². The van der Waals surface area contributed by atoms with Gasteiger partial charge in [-0.15, -0.1) is 11.8 Å². The van der Waals surface area contributed by atoms with Crippen molar-refractivity contribution >= 4 is 33.6 Å². The largest absolute Gasteiger partial charge is 0.337 e. The number of carbonyl (C=O) groups is 1. The molecule has 110 valence electrons. The maximum Gasteiger partial charge on any atom is 0.255 e. The average Bonchev–Trinajstić information content (AvgIpc) is 2.50. The number of hydrogen-bond donors (Lipinski definition) is 0. The van der Waals surface area contributed by atoms with Crippen LogP contribution < -0.4 is 0 Å². The first-order valence-corrected chi connectivity index (χ1v) is 8.68. The highest BCUT2D eigenvalue weighted by atomic mass is 79.9. The Hall–Kier alpha value is -1.26. The number of aryl methyl sites for hydroxylation is 1. The van der Waals surface area contributed by atoms with Gasteiger partial charge in [-0.1, -0.05) is 24.3 Å². The van der Waals surface area contributed by atoms with Crippen LogP contribution in [0.15, 0.2) is 51.8 Å². The van der Waals surface area contributed by atoms with Crippen LogP contribution in [0.25, 0.3) is 0 Å². The summed E-state index contributed by atoms with van der Waals surface area (Å²) in [5, 5.41) is 0. The molecule has 0 atom stereocenters. The van der Waals surface area contributed by atoms with Crippen molar-refractivity contribution in [1.82, 2.24) is 4.90 Å². The summed E-state index contributed by atoms with van der Waals surface area (Å²) >= 11 is 5.22. The number of hydrogen-bond acceptors (Lipinski definition) is 2. The SMILES string of the molecule is CSc1ccc(CN(C)C(=O)c2cccc(C)c2Br)cc1. The predicted molar refractivity (Wildman–Crippen MR) is 92.9 cm³/mol. The molecule has 0 heterocycles. The molecule has 4 heteroatoms. The highest BCUT2D eigenvalue weighted by Crippen LogP contribution is 2.23. The van der Waals surface area contributed by atoms with Crippen LogP contribution in [0.2, 0.25) is 0 Å². The molecule has 0 radical (unpaired) electrons. The van der Waals surface area contributed by atoms with Crippen LogP contribution in [0.4, 0.5) is 0 Å². The summed E-state index contributed by atoms with van der Waals surface area (Å²) in [5.74, 6) is 0.0273. The summed E-state index contributed by atoms with van der Waals surface area (Å²) in [6, 6.07) is 14.1. The zero-order chi connectivity index (χ0) is 15.4. The molecule has 0 aliphatic heterocycles. The highest BCUT2D eigenvalue weighted by Gasteiger charge is 2.15. The summed E-state index contributed by atoms with van der Waals surface area (Å²) < 4.78 is 0.875. The minimum Gasteiger partial charge on any atom is -0.337 e. The Morgan fingerprint density at radius 2 is 1.86 bits per heavy atom. The van der Waals surface area contributed by atoms with Crippen molar-refractivity contribution < 1.29 is 4.79 Å². The Balaban J connectivity index is 2.13. The number of halogens is 1. The molecule has 1 amide bonds. The summed E-state index contributed by atoms with van der Waals surface area (Å²) in [6.45, 7) is 2.59. The highest BCUT2D eigenvalue weighted by molar-refractivity contribution is 9.10. The number of rotatable bonds is 4. The van der Waals surface area contributed by atoms with E-state index in [1.54, 1.807) is 16.7 Å². The zero-order valence-electron chi connectivity index (χ0n) is 12.4. The van der Waals surface area contributed by atoms with E-state index in [4.69, 9.17) is 0 Å². The third-order valence-corrected chi connectivity index (χ3v) is 5.14. The molecule has 2 nitrogen and oxygen atoms in total. The second-order valence-electron chi connectivity index (χ2n) is 4.95. The molecule has 0 fully saturated rings. The van der Waals surface area contributed by atoms with Crippen molar-refractivity contribution in [3.05, 3.63) is 63.6 Å². The first-order chi connectivity index (χ1) is 10.0. The molecule has 21 heavy (non-hydrogen) atoms. The number of nitrogens with zero attached hydrogens (tertiary/aromatic N) is 1. The van der Waals surface area contributed by atoms with Gasteiger partial charge >= 0.3 is 0 Å². The second-order valence-corrected chi connectivity index (χ2v) is 6.62. The smallest absolute Gasteiger partial charge is 0.255 e. The van der Waals surface area contributed by atoms with Gasteiger partial charge in [0.05, 0.1) is 5.56 Å². The first-order valence-electron chi connectivity index (χ1n) is 6.66. The molecule has 0 spiro atoms. The van der Waals surface area contributed by atoms with Crippen molar-refractivity contribution in [2.75, 3.05) is 13.3 Å². The third kappa shape index (κ3) is 3.89. The molecule has 0 aliphatic rings. The Morgan fingerprint density at radius 1 is 1.19 bits per heavy atom. The molecule has 2 aromatic carbocycles. The van der Waals surface area contributed by atoms with E-state index < -0.39 is 0 Å². The van der Waals surface area contributed by atoms with Crippen LogP contribution in [-0.4, -0.2) is 24.1 Å². The van der Waals surface area contributed by atoms with Crippen LogP contribution in [0, 0.1) is 6.92 Å². The van der Waals surface area contributed by atoms with Crippen LogP contribution in [0.5, 0.6) is 0 Å². The average molecular weight is 364 g/mol. The Bertz CT molecular complexity index is 640. The minimum atomic E-state index is 0.0273. The van der Waals surface area contributed by atoms with Gasteiger partial charge in [0.25, 0.3) is 5.91 Å². The fourth-order valence-corrected chi connectivity index (χ4v) is 2.94. The third-order valence-electron chi connectivity index (χ3n) is 3.35. The Labute approximate surface area is 138 Å². The van der Waals surface area contributed by atoms with E-state index in [0.717, 1.165) is 15.6 Å². The molecule has 0 aliphatic carbocycles. The van der Waals surface area contributed by atoms with Gasteiger partial charge in [0.1, 0.15) is 0 Å². The quantitative estimate of drug-likeness (QED) is 0.730. The van der Waals surface area contributed by atoms with E-state index in [2.05, 4.69) is 46.5 Å². The van der Waals surface area contributed by atoms with Gasteiger partial charge in [0.2, 0.25) is 0 Å². The van der Waals surface area contributed by atoms with E-state index >= 15 is 0 Å². The van der Waals surface area contributed by atoms with Crippen LogP contribution >= 0.6 is 27.7 Å². The molecule has 2 aromatic rings. The lowest BCUT2D eigenvalue weighted by Crippen LogP contribution is -2.26. The van der Waals surface area contributed by atoms with E-state index in [-0.39, 0.29) is 5.91 Å². The molecular formula is C17H18BrNOS. The summed E-state index contributed by atoms with van der Waals surface area (Å²) in [6.07, 6.45) is 2.06. The maximum atomic E-state index is 12.5. The fraction of sp³-hybridized carbons (Fsp3) is 0.235. The number of carbonyl (C=O) groups excluding carboxylic acids is 1. The minimum absolute atomic E-state index is 0.0273. The maximum absolute atomic E-state index is 12.5. The lowest BCUT2D eigenvalue weighted by molar-refractivity contribution is 0.0784. The molecule has 0 bridgehead atoms. The summed E-state index contributed by atoms with van der Waals surface area (Å²) in [7, 11) is 1.83. The standard InChI is InChI=1S/C17H18BrNOS/c1-12-5-4-6-15(16(12)18)17(20)19(2)11-13-7-9-14(21-3)10-8-13/h4-10H,11H2,1-3H3. The van der Waals surface area contributed by atoms with Gasteiger partial charge in [-0.3, -0.25) is 4.79 Å². The van der Waals surface area contributed by atoms with Crippen LogP contribution in [-0.2, 0) is 6.54 Å². The van der Waals surface area contributed by atoms with Crippen LogP contribution in [0.3, 0.4) is 0 Å². The number of amides is 1. The molecule has 0 N–H and O–H groups in total. The van der Waals surface area contributed by atoms with E-state index in [9.17, 15) is 4.79 Å². The molecule has 0 unspecified atom stereocenters. The van der Waals surface area contributed by atoms with Crippen molar-refractivity contribution in [1.29, 1.82) is 0 Å². The van der Waals surface area contributed by atoms with E-state index in [1.165, 1.54) is 4.90 Å². The summed E-state index contributed by atoms with van der Waals surface area (Å²) in [4.78, 5) is 15.5. The van der Waals surface area contributed by atoms with Gasteiger partial charge in [0, 0.05) is 23.0 Å². The Kier molecular flexibility index (Phi) is 5.48. The van der Waals surface area contributed by atoms with Gasteiger partial charge in [0.15, 0.2) is 0 Å². The Morgan fingerprint density at radius 3 is 2.48 bits per heavy atom. The predicted octanol–water partition coefficient (Wildman–Crippen LogP) is 4.75. The van der Waals surface area contributed by atoms with Gasteiger partial charge < -0.3 is 4.90 Å². The van der Waals surface area contributed by atoms with Crippen molar-refractivity contribution in [2.24, 2.45) is 0 Å². The van der Waals surface area contributed by atoms with Crippen LogP contribution in [0.1, 0.15) is 21.5 Å². The number of benzene rings is 2. The molecule has 2 rings (SSSR count). The summed E-state index contributed by atoms with van der Waals surface area (Å²) in [5.41, 5.74) is 2.91. The van der Waals surface area contributed by atoms with Gasteiger partial charge in [-0.25, -0.2) is 0 Å². The molecule has 0 aromatic heterocycles. The second kappa shape index (κ2) is 7.14. The molecular weight excluding hydrogens is 346 g/mol.